The summed E-state index contributed by atoms with van der Waals surface area (Å²) in [4.78, 5) is 30.9. The maximum atomic E-state index is 12.6. The molecule has 0 bridgehead atoms. The van der Waals surface area contributed by atoms with Crippen molar-refractivity contribution in [2.75, 3.05) is 6.61 Å². The zero-order chi connectivity index (χ0) is 36.1. The third kappa shape index (κ3) is 38.6. The van der Waals surface area contributed by atoms with E-state index in [0.717, 1.165) is 38.5 Å². The first-order valence-corrected chi connectivity index (χ1v) is 23.0. The summed E-state index contributed by atoms with van der Waals surface area (Å²) in [6.45, 7) is 4.14. The van der Waals surface area contributed by atoms with Crippen LogP contribution in [0.1, 0.15) is 239 Å². The first-order valence-electron chi connectivity index (χ1n) is 21.5. The molecule has 0 radical (unpaired) electrons. The second kappa shape index (κ2) is 37.3. The first kappa shape index (κ1) is 48.5. The molecule has 0 aliphatic rings. The molecular formula is C41H84NO6P. The van der Waals surface area contributed by atoms with E-state index in [-0.39, 0.29) is 5.91 Å². The number of hydrogen-bond acceptors (Lipinski definition) is 4. The molecule has 0 aromatic carbocycles. The van der Waals surface area contributed by atoms with Crippen molar-refractivity contribution in [3.05, 3.63) is 0 Å². The molecule has 0 aliphatic heterocycles. The van der Waals surface area contributed by atoms with E-state index < -0.39 is 26.6 Å². The molecule has 0 aliphatic carbocycles. The number of rotatable bonds is 40. The molecule has 294 valence electrons. The van der Waals surface area contributed by atoms with Gasteiger partial charge in [0.25, 0.3) is 0 Å². The minimum absolute atomic E-state index is 0.189. The molecule has 0 aromatic rings. The summed E-state index contributed by atoms with van der Waals surface area (Å²) >= 11 is 0. The van der Waals surface area contributed by atoms with E-state index in [0.29, 0.717) is 12.8 Å². The molecule has 49 heavy (non-hydrogen) atoms. The van der Waals surface area contributed by atoms with Gasteiger partial charge in [-0.1, -0.05) is 219 Å². The van der Waals surface area contributed by atoms with E-state index in [4.69, 9.17) is 9.79 Å². The zero-order valence-corrected chi connectivity index (χ0v) is 33.5. The van der Waals surface area contributed by atoms with Crippen LogP contribution in [0.5, 0.6) is 0 Å². The summed E-state index contributed by atoms with van der Waals surface area (Å²) in [7, 11) is -4.68. The molecule has 0 spiro atoms. The fourth-order valence-corrected chi connectivity index (χ4v) is 7.17. The predicted octanol–water partition coefficient (Wildman–Crippen LogP) is 12.6. The van der Waals surface area contributed by atoms with Crippen molar-refractivity contribution in [3.8, 4) is 0 Å². The molecule has 8 heteroatoms. The fourth-order valence-electron chi connectivity index (χ4n) is 6.82. The zero-order valence-electron chi connectivity index (χ0n) is 32.6. The quantitative estimate of drug-likeness (QED) is 0.0370. The summed E-state index contributed by atoms with van der Waals surface area (Å²) in [6.07, 6.45) is 42.3. The molecule has 1 amide bonds. The first-order chi connectivity index (χ1) is 23.8. The van der Waals surface area contributed by atoms with Crippen LogP contribution in [0, 0.1) is 0 Å². The third-order valence-corrected chi connectivity index (χ3v) is 10.6. The lowest BCUT2D eigenvalue weighted by molar-refractivity contribution is -0.123. The molecule has 7 nitrogen and oxygen atoms in total. The normalized spacial score (nSPS) is 13.2. The monoisotopic (exact) mass is 718 g/mol. The lowest BCUT2D eigenvalue weighted by atomic mass is 10.0. The lowest BCUT2D eigenvalue weighted by Crippen LogP contribution is -2.46. The van der Waals surface area contributed by atoms with Crippen molar-refractivity contribution in [2.24, 2.45) is 0 Å². The number of phosphoric acid groups is 1. The standard InChI is InChI=1S/C41H84NO6P/c1-3-5-7-9-11-13-15-17-19-20-21-23-25-27-29-31-33-35-37-41(44)42-39(38-48-49(45,46)47)40(43)36-34-32-30-28-26-24-22-18-16-14-12-10-8-6-4-2/h39-40,43H,3-38H2,1-2H3,(H,42,44)(H2,45,46,47)/t39-,40+/m0/s1. The van der Waals surface area contributed by atoms with Crippen molar-refractivity contribution in [1.29, 1.82) is 0 Å². The molecule has 2 atom stereocenters. The second-order valence-electron chi connectivity index (χ2n) is 15.0. The van der Waals surface area contributed by atoms with Crippen molar-refractivity contribution in [2.45, 2.75) is 251 Å². The number of nitrogens with one attached hydrogen (secondary N) is 1. The molecule has 0 fully saturated rings. The summed E-state index contributed by atoms with van der Waals surface area (Å²) in [6, 6.07) is -0.817. The minimum Gasteiger partial charge on any atom is -0.391 e. The smallest absolute Gasteiger partial charge is 0.391 e. The Morgan fingerprint density at radius 2 is 0.796 bits per heavy atom. The van der Waals surface area contributed by atoms with Gasteiger partial charge in [-0.05, 0) is 12.8 Å². The van der Waals surface area contributed by atoms with Crippen LogP contribution < -0.4 is 5.32 Å². The van der Waals surface area contributed by atoms with Crippen LogP contribution in [0.2, 0.25) is 0 Å². The highest BCUT2D eigenvalue weighted by Crippen LogP contribution is 2.36. The van der Waals surface area contributed by atoms with Crippen molar-refractivity contribution < 1.29 is 28.8 Å². The molecule has 0 heterocycles. The van der Waals surface area contributed by atoms with Gasteiger partial charge in [0.15, 0.2) is 0 Å². The van der Waals surface area contributed by atoms with E-state index in [1.54, 1.807) is 0 Å². The highest BCUT2D eigenvalue weighted by Gasteiger charge is 2.25. The van der Waals surface area contributed by atoms with E-state index in [1.165, 1.54) is 173 Å². The highest BCUT2D eigenvalue weighted by molar-refractivity contribution is 7.46. The Bertz CT molecular complexity index is 733. The number of carbonyl (C=O) groups is 1. The Kier molecular flexibility index (Phi) is 37.0. The number of unbranched alkanes of at least 4 members (excludes halogenated alkanes) is 31. The number of hydrogen-bond donors (Lipinski definition) is 4. The maximum Gasteiger partial charge on any atom is 0.469 e. The fraction of sp³-hybridized carbons (Fsp3) is 0.976. The summed E-state index contributed by atoms with van der Waals surface area (Å²) in [5.41, 5.74) is 0. The average Bonchev–Trinajstić information content (AvgIpc) is 3.07. The van der Waals surface area contributed by atoms with Gasteiger partial charge in [-0.15, -0.1) is 0 Å². The summed E-state index contributed by atoms with van der Waals surface area (Å²) in [5, 5.41) is 13.5. The molecule has 0 unspecified atom stereocenters. The van der Waals surface area contributed by atoms with E-state index in [2.05, 4.69) is 23.7 Å². The Hall–Kier alpha value is -0.460. The minimum atomic E-state index is -4.68. The number of aliphatic hydroxyl groups is 1. The van der Waals surface area contributed by atoms with E-state index in [1.807, 2.05) is 0 Å². The third-order valence-electron chi connectivity index (χ3n) is 10.1. The van der Waals surface area contributed by atoms with Gasteiger partial charge >= 0.3 is 7.82 Å². The van der Waals surface area contributed by atoms with Crippen LogP contribution in [-0.2, 0) is 13.9 Å². The van der Waals surface area contributed by atoms with Gasteiger partial charge in [0, 0.05) is 6.42 Å². The predicted molar refractivity (Wildman–Crippen MR) is 209 cm³/mol. The summed E-state index contributed by atoms with van der Waals surface area (Å²) in [5.74, 6) is -0.189. The Labute approximate surface area is 304 Å². The number of amides is 1. The SMILES string of the molecule is CCCCCCCCCCCCCCCCCCCCC(=O)N[C@@H](COP(=O)(O)O)[C@H](O)CCCCCCCCCCCCCCCCC. The van der Waals surface area contributed by atoms with Gasteiger partial charge in [-0.25, -0.2) is 4.57 Å². The number of carbonyl (C=O) groups excluding carboxylic acids is 1. The van der Waals surface area contributed by atoms with Crippen molar-refractivity contribution in [3.63, 3.8) is 0 Å². The molecule has 0 aromatic heterocycles. The van der Waals surface area contributed by atoms with Gasteiger partial charge in [0.2, 0.25) is 5.91 Å². The average molecular weight is 718 g/mol. The van der Waals surface area contributed by atoms with Gasteiger partial charge in [0.05, 0.1) is 18.8 Å². The Balaban J connectivity index is 3.86. The topological polar surface area (TPSA) is 116 Å². The van der Waals surface area contributed by atoms with Crippen LogP contribution in [0.4, 0.5) is 0 Å². The number of phosphoric ester groups is 1. The second-order valence-corrected chi connectivity index (χ2v) is 16.3. The number of aliphatic hydroxyl groups excluding tert-OH is 1. The van der Waals surface area contributed by atoms with Gasteiger partial charge in [-0.3, -0.25) is 9.32 Å². The van der Waals surface area contributed by atoms with Crippen LogP contribution in [0.25, 0.3) is 0 Å². The van der Waals surface area contributed by atoms with Crippen molar-refractivity contribution >= 4 is 13.7 Å². The highest BCUT2D eigenvalue weighted by atomic mass is 31.2. The van der Waals surface area contributed by atoms with Crippen LogP contribution >= 0.6 is 7.82 Å². The largest absolute Gasteiger partial charge is 0.469 e. The van der Waals surface area contributed by atoms with Crippen molar-refractivity contribution in [1.82, 2.24) is 5.32 Å². The Morgan fingerprint density at radius 3 is 1.10 bits per heavy atom. The van der Waals surface area contributed by atoms with E-state index >= 15 is 0 Å². The van der Waals surface area contributed by atoms with Crippen LogP contribution in [0.3, 0.4) is 0 Å². The molecule has 4 N–H and O–H groups in total. The lowest BCUT2D eigenvalue weighted by Gasteiger charge is -2.24. The van der Waals surface area contributed by atoms with Gasteiger partial charge in [-0.2, -0.15) is 0 Å². The van der Waals surface area contributed by atoms with E-state index in [9.17, 15) is 14.5 Å². The summed E-state index contributed by atoms with van der Waals surface area (Å²) < 4.78 is 16.0. The van der Waals surface area contributed by atoms with Gasteiger partial charge < -0.3 is 20.2 Å². The molecule has 0 saturated heterocycles. The van der Waals surface area contributed by atoms with Crippen LogP contribution in [0.15, 0.2) is 0 Å². The van der Waals surface area contributed by atoms with Crippen LogP contribution in [-0.4, -0.2) is 39.6 Å². The molecule has 0 saturated carbocycles. The van der Waals surface area contributed by atoms with Gasteiger partial charge in [0.1, 0.15) is 0 Å². The molecular weight excluding hydrogens is 633 g/mol. The Morgan fingerprint density at radius 1 is 0.510 bits per heavy atom. The maximum absolute atomic E-state index is 12.6. The molecule has 0 rings (SSSR count).